The summed E-state index contributed by atoms with van der Waals surface area (Å²) in [6.45, 7) is 1.43. The van der Waals surface area contributed by atoms with E-state index in [2.05, 4.69) is 5.16 Å². The lowest BCUT2D eigenvalue weighted by molar-refractivity contribution is -0.117. The van der Waals surface area contributed by atoms with Crippen molar-refractivity contribution in [1.82, 2.24) is 5.16 Å². The standard InChI is InChI=1S/C22H14Cl4N2O5/c1-11-18(32-22(30)31-11)10-28(21(29)20(25)26)13-5-2-4-12(8-13)17-9-16(27-33-17)19-14(23)6-3-7-15(19)24/h2-9,20H,10H2,1H3. The van der Waals surface area contributed by atoms with E-state index < -0.39 is 16.6 Å². The van der Waals surface area contributed by atoms with Crippen molar-refractivity contribution in [2.45, 2.75) is 18.3 Å². The van der Waals surface area contributed by atoms with Crippen LogP contribution < -0.4 is 10.7 Å². The number of aromatic nitrogens is 1. The number of rotatable bonds is 6. The molecule has 0 radical (unpaired) electrons. The Kier molecular flexibility index (Phi) is 6.86. The van der Waals surface area contributed by atoms with E-state index in [1.165, 1.54) is 4.90 Å². The number of alkyl halides is 2. The largest absolute Gasteiger partial charge is 0.519 e. The Bertz CT molecular complexity index is 1350. The van der Waals surface area contributed by atoms with Gasteiger partial charge in [-0.3, -0.25) is 4.79 Å². The quantitative estimate of drug-likeness (QED) is 0.265. The van der Waals surface area contributed by atoms with Crippen molar-refractivity contribution in [1.29, 1.82) is 0 Å². The van der Waals surface area contributed by atoms with Gasteiger partial charge in [0.15, 0.2) is 16.4 Å². The molecule has 2 aromatic carbocycles. The number of aryl methyl sites for hydroxylation is 1. The zero-order chi connectivity index (χ0) is 23.7. The molecule has 0 spiro atoms. The summed E-state index contributed by atoms with van der Waals surface area (Å²) in [7, 11) is 0. The molecule has 4 aromatic rings. The summed E-state index contributed by atoms with van der Waals surface area (Å²) in [5.74, 6) is -0.659. The first-order chi connectivity index (χ1) is 15.7. The van der Waals surface area contributed by atoms with Crippen molar-refractivity contribution < 1.29 is 18.2 Å². The van der Waals surface area contributed by atoms with Gasteiger partial charge in [-0.2, -0.15) is 0 Å². The second kappa shape index (κ2) is 9.65. The Balaban J connectivity index is 1.71. The number of halogens is 4. The number of hydrogen-bond donors (Lipinski definition) is 0. The lowest BCUT2D eigenvalue weighted by atomic mass is 10.1. The van der Waals surface area contributed by atoms with Crippen LogP contribution in [0.3, 0.4) is 0 Å². The molecule has 0 saturated heterocycles. The number of nitrogens with zero attached hydrogens (tertiary/aromatic N) is 2. The van der Waals surface area contributed by atoms with Gasteiger partial charge in [0.05, 0.1) is 16.6 Å². The molecule has 170 valence electrons. The monoisotopic (exact) mass is 526 g/mol. The molecular formula is C22H14Cl4N2O5. The van der Waals surface area contributed by atoms with Crippen molar-refractivity contribution >= 4 is 58.0 Å². The minimum absolute atomic E-state index is 0.118. The molecular weight excluding hydrogens is 514 g/mol. The highest BCUT2D eigenvalue weighted by molar-refractivity contribution is 6.54. The van der Waals surface area contributed by atoms with E-state index in [4.69, 9.17) is 59.8 Å². The summed E-state index contributed by atoms with van der Waals surface area (Å²) in [6, 6.07) is 13.7. The van der Waals surface area contributed by atoms with Crippen LogP contribution >= 0.6 is 46.4 Å². The van der Waals surface area contributed by atoms with Crippen LogP contribution in [0.2, 0.25) is 10.0 Å². The molecule has 7 nitrogen and oxygen atoms in total. The molecule has 2 heterocycles. The van der Waals surface area contributed by atoms with E-state index in [1.807, 2.05) is 0 Å². The average Bonchev–Trinajstić information content (AvgIpc) is 3.37. The van der Waals surface area contributed by atoms with Crippen LogP contribution in [0.1, 0.15) is 11.5 Å². The Labute approximate surface area is 207 Å². The zero-order valence-electron chi connectivity index (χ0n) is 16.9. The maximum Gasteiger partial charge on any atom is 0.519 e. The zero-order valence-corrected chi connectivity index (χ0v) is 19.9. The van der Waals surface area contributed by atoms with Crippen LogP contribution in [-0.2, 0) is 11.3 Å². The predicted molar refractivity (Wildman–Crippen MR) is 126 cm³/mol. The third-order valence-corrected chi connectivity index (χ3v) is 5.76. The van der Waals surface area contributed by atoms with Crippen LogP contribution in [-0.4, -0.2) is 15.9 Å². The van der Waals surface area contributed by atoms with Crippen LogP contribution in [0.5, 0.6) is 0 Å². The van der Waals surface area contributed by atoms with E-state index in [9.17, 15) is 9.59 Å². The van der Waals surface area contributed by atoms with Crippen LogP contribution in [0.15, 0.2) is 66.7 Å². The first-order valence-electron chi connectivity index (χ1n) is 9.45. The van der Waals surface area contributed by atoms with Gasteiger partial charge in [0.2, 0.25) is 0 Å². The fourth-order valence-electron chi connectivity index (χ4n) is 3.18. The molecule has 2 aromatic heterocycles. The van der Waals surface area contributed by atoms with Crippen LogP contribution in [0.4, 0.5) is 5.69 Å². The van der Waals surface area contributed by atoms with Crippen molar-refractivity contribution in [3.05, 3.63) is 80.7 Å². The average molecular weight is 528 g/mol. The predicted octanol–water partition coefficient (Wildman–Crippen LogP) is 6.51. The molecule has 0 atom stereocenters. The van der Waals surface area contributed by atoms with Gasteiger partial charge in [-0.1, -0.05) is 69.8 Å². The van der Waals surface area contributed by atoms with E-state index >= 15 is 0 Å². The molecule has 0 aliphatic carbocycles. The molecule has 0 aliphatic rings. The highest BCUT2D eigenvalue weighted by Gasteiger charge is 2.25. The number of carbonyl (C=O) groups excluding carboxylic acids is 1. The molecule has 0 aliphatic heterocycles. The molecule has 0 saturated carbocycles. The fraction of sp³-hybridized carbons (Fsp3) is 0.136. The van der Waals surface area contributed by atoms with Gasteiger partial charge < -0.3 is 18.3 Å². The number of anilines is 1. The summed E-state index contributed by atoms with van der Waals surface area (Å²) in [6.07, 6.45) is 0. The third kappa shape index (κ3) is 4.96. The molecule has 0 fully saturated rings. The molecule has 0 unspecified atom stereocenters. The molecule has 1 amide bonds. The Hall–Kier alpha value is -2.71. The summed E-state index contributed by atoms with van der Waals surface area (Å²) in [5.41, 5.74) is 2.04. The molecule has 11 heteroatoms. The first-order valence-corrected chi connectivity index (χ1v) is 11.1. The van der Waals surface area contributed by atoms with Gasteiger partial charge in [-0.25, -0.2) is 4.79 Å². The second-order valence-electron chi connectivity index (χ2n) is 6.88. The van der Waals surface area contributed by atoms with E-state index in [0.29, 0.717) is 38.3 Å². The van der Waals surface area contributed by atoms with Crippen molar-refractivity contribution in [2.24, 2.45) is 0 Å². The van der Waals surface area contributed by atoms with Gasteiger partial charge in [0, 0.05) is 22.9 Å². The molecule has 33 heavy (non-hydrogen) atoms. The normalized spacial score (nSPS) is 11.2. The third-order valence-electron chi connectivity index (χ3n) is 4.76. The van der Waals surface area contributed by atoms with E-state index in [0.717, 1.165) is 0 Å². The maximum absolute atomic E-state index is 12.7. The molecule has 0 bridgehead atoms. The van der Waals surface area contributed by atoms with Gasteiger partial charge in [0.1, 0.15) is 11.5 Å². The highest BCUT2D eigenvalue weighted by atomic mass is 35.5. The van der Waals surface area contributed by atoms with Crippen molar-refractivity contribution in [3.8, 4) is 22.6 Å². The van der Waals surface area contributed by atoms with Gasteiger partial charge in [-0.05, 0) is 31.2 Å². The smallest absolute Gasteiger partial charge is 0.396 e. The van der Waals surface area contributed by atoms with E-state index in [-0.39, 0.29) is 18.1 Å². The van der Waals surface area contributed by atoms with Crippen LogP contribution in [0.25, 0.3) is 22.6 Å². The van der Waals surface area contributed by atoms with Gasteiger partial charge in [0.25, 0.3) is 5.91 Å². The molecule has 0 N–H and O–H groups in total. The Morgan fingerprint density at radius 3 is 2.39 bits per heavy atom. The summed E-state index contributed by atoms with van der Waals surface area (Å²) >= 11 is 24.2. The minimum atomic E-state index is -1.34. The van der Waals surface area contributed by atoms with Gasteiger partial charge in [-0.15, -0.1) is 0 Å². The minimum Gasteiger partial charge on any atom is -0.396 e. The SMILES string of the molecule is Cc1oc(=O)oc1CN(C(=O)C(Cl)Cl)c1cccc(-c2cc(-c3c(Cl)cccc3Cl)no2)c1. The lowest BCUT2D eigenvalue weighted by Crippen LogP contribution is -2.34. The van der Waals surface area contributed by atoms with Gasteiger partial charge >= 0.3 is 5.82 Å². The number of hydrogen-bond acceptors (Lipinski definition) is 6. The Morgan fingerprint density at radius 2 is 1.76 bits per heavy atom. The first kappa shape index (κ1) is 23.4. The van der Waals surface area contributed by atoms with Crippen molar-refractivity contribution in [2.75, 3.05) is 4.90 Å². The maximum atomic E-state index is 12.7. The van der Waals surface area contributed by atoms with Crippen molar-refractivity contribution in [3.63, 3.8) is 0 Å². The second-order valence-corrected chi connectivity index (χ2v) is 8.79. The summed E-state index contributed by atoms with van der Waals surface area (Å²) in [5, 5.41) is 4.94. The number of carbonyl (C=O) groups is 1. The number of amides is 1. The summed E-state index contributed by atoms with van der Waals surface area (Å²) in [4.78, 5) is 24.1. The lowest BCUT2D eigenvalue weighted by Gasteiger charge is -2.22. The van der Waals surface area contributed by atoms with E-state index in [1.54, 1.807) is 55.5 Å². The highest BCUT2D eigenvalue weighted by Crippen LogP contribution is 2.36. The number of benzene rings is 2. The Morgan fingerprint density at radius 1 is 1.06 bits per heavy atom. The van der Waals surface area contributed by atoms with Crippen LogP contribution in [0, 0.1) is 6.92 Å². The molecule has 4 rings (SSSR count). The fourth-order valence-corrected chi connectivity index (χ4v) is 4.00. The summed E-state index contributed by atoms with van der Waals surface area (Å²) < 4.78 is 15.4. The topological polar surface area (TPSA) is 89.7 Å².